The number of aliphatic hydroxyl groups is 9. The highest BCUT2D eigenvalue weighted by Gasteiger charge is 2.48. The summed E-state index contributed by atoms with van der Waals surface area (Å²) in [4.78, 5) is 23.2. The number of hydrogen-bond donors (Lipinski definition) is 12. The molecule has 6 heterocycles. The fourth-order valence-corrected chi connectivity index (χ4v) is 4.16. The fourth-order valence-electron chi connectivity index (χ4n) is 4.16. The van der Waals surface area contributed by atoms with Crippen molar-refractivity contribution in [2.75, 3.05) is 19.7 Å². The van der Waals surface area contributed by atoms with Crippen molar-refractivity contribution >= 4 is 36.8 Å². The van der Waals surface area contributed by atoms with Crippen molar-refractivity contribution in [3.8, 4) is 0 Å². The second-order valence-corrected chi connectivity index (χ2v) is 9.87. The average molecular weight is 741 g/mol. The Morgan fingerprint density at radius 1 is 0.627 bits per heavy atom. The van der Waals surface area contributed by atoms with Gasteiger partial charge in [-0.05, 0) is 0 Å². The van der Waals surface area contributed by atoms with Crippen LogP contribution in [0.2, 0.25) is 0 Å². The van der Waals surface area contributed by atoms with Crippen LogP contribution >= 0.6 is 0 Å². The van der Waals surface area contributed by atoms with Crippen LogP contribution in [0.1, 0.15) is 19.2 Å². The molecule has 0 aliphatic carbocycles. The Hall–Kier alpha value is -4.44. The summed E-state index contributed by atoms with van der Waals surface area (Å²) in [5.74, 6) is -1.66. The van der Waals surface area contributed by atoms with E-state index in [1.54, 1.807) is 0 Å². The maximum absolute atomic E-state index is 10.2. The summed E-state index contributed by atoms with van der Waals surface area (Å²) in [6.45, 7) is 0.569. The predicted octanol–water partition coefficient (Wildman–Crippen LogP) is -7.33. The van der Waals surface area contributed by atoms with E-state index in [1.807, 2.05) is 0 Å². The molecule has 3 saturated heterocycles. The maximum atomic E-state index is 10.2. The number of guanidine groups is 3. The minimum Gasteiger partial charge on any atom is -0.394 e. The standard InChI is InChI=1S/3C9H14N4O4/c3*1-4-12-9(10)11-3-13(4)8-7(16)6(15)5(2-14)17-8/h3*3,5-8,14-16H,1-2H2,(H2,10,12)/t3*5-,6?,7+,8-/m111/s1/i2D2,3D,6D,7D,8D;2D2,3D,5D,6D;2D2,3D. The maximum Gasteiger partial charge on any atom is 0.223 e. The predicted molar refractivity (Wildman–Crippen MR) is 177 cm³/mol. The molecule has 6 rings (SSSR count). The van der Waals surface area contributed by atoms with Crippen LogP contribution < -0.4 is 17.2 Å². The first-order valence-corrected chi connectivity index (χ1v) is 13.6. The molecular weight excluding hydrogens is 684 g/mol. The SMILES string of the molecule is [2H]C1=NC(N)=NC(=C)N1[C@@H]1O[C@H](C([2H])([2H])O)C(O)[C@@H]1O.[2H]C1=NC(N)=NC(=C)N1[C@@H]1O[C@]([2H])(C([2H])([2H])O)C([2H])(O)[C@@H]1O.[2H]C1=NC(N)=NC(=C)N1[C@]1([2H])O[C@H](C([2H])([2H])O)C([2H])(O)[C@]1([2H])O. The van der Waals surface area contributed by atoms with Gasteiger partial charge in [0, 0.05) is 0 Å². The third-order valence-corrected chi connectivity index (χ3v) is 6.60. The number of nitrogens with two attached hydrogens (primary N) is 3. The van der Waals surface area contributed by atoms with E-state index < -0.39 is 124 Å². The van der Waals surface area contributed by atoms with E-state index in [0.29, 0.717) is 9.80 Å². The van der Waals surface area contributed by atoms with E-state index in [1.165, 1.54) is 0 Å². The number of amidine groups is 3. The smallest absolute Gasteiger partial charge is 0.223 e. The van der Waals surface area contributed by atoms with Gasteiger partial charge in [0.25, 0.3) is 0 Å². The van der Waals surface area contributed by atoms with Crippen molar-refractivity contribution in [3.63, 3.8) is 0 Å². The second kappa shape index (κ2) is 16.7. The molecule has 6 aliphatic rings. The van der Waals surface area contributed by atoms with E-state index in [2.05, 4.69) is 49.7 Å². The molecule has 0 bridgehead atoms. The number of aliphatic hydroxyl groups excluding tert-OH is 3. The van der Waals surface area contributed by atoms with Crippen molar-refractivity contribution in [2.45, 2.75) is 73.5 Å². The van der Waals surface area contributed by atoms with Gasteiger partial charge in [0.2, 0.25) is 17.9 Å². The molecule has 6 aliphatic heterocycles. The quantitative estimate of drug-likeness (QED) is 0.120. The molecule has 12 atom stereocenters. The molecule has 3 fully saturated rings. The zero-order chi connectivity index (χ0) is 50.3. The van der Waals surface area contributed by atoms with Gasteiger partial charge in [-0.2, -0.15) is 15.0 Å². The Labute approximate surface area is 309 Å². The Kier molecular flexibility index (Phi) is 7.84. The molecule has 0 radical (unpaired) electrons. The summed E-state index contributed by atoms with van der Waals surface area (Å²) in [7, 11) is 0. The molecular formula is C27H42N12O12. The zero-order valence-corrected chi connectivity index (χ0v) is 25.7. The Balaban J connectivity index is 0.000000214. The van der Waals surface area contributed by atoms with Gasteiger partial charge in [0.05, 0.1) is 34.8 Å². The lowest BCUT2D eigenvalue weighted by Gasteiger charge is -2.29. The summed E-state index contributed by atoms with van der Waals surface area (Å²) < 4.78 is 119. The number of ether oxygens (including phenoxy) is 3. The number of hydrogen-bond acceptors (Lipinski definition) is 24. The molecule has 3 unspecified atom stereocenters. The summed E-state index contributed by atoms with van der Waals surface area (Å²) in [6, 6.07) is 0. The summed E-state index contributed by atoms with van der Waals surface area (Å²) in [6.07, 6.45) is -31.4. The van der Waals surface area contributed by atoms with Crippen LogP contribution in [0, 0.1) is 0 Å². The Bertz CT molecular complexity index is 2150. The van der Waals surface area contributed by atoms with Crippen LogP contribution in [0.25, 0.3) is 0 Å². The van der Waals surface area contributed by atoms with Gasteiger partial charge in [0.15, 0.2) is 18.7 Å². The first-order chi connectivity index (χ1) is 29.1. The lowest BCUT2D eigenvalue weighted by Crippen LogP contribution is -2.44. The van der Waals surface area contributed by atoms with Crippen molar-refractivity contribution in [2.24, 2.45) is 47.2 Å². The summed E-state index contributed by atoms with van der Waals surface area (Å²) in [5, 5.41) is 87.7. The molecule has 24 heteroatoms. The lowest BCUT2D eigenvalue weighted by atomic mass is 10.1. The van der Waals surface area contributed by atoms with Gasteiger partial charge >= 0.3 is 0 Å². The van der Waals surface area contributed by atoms with Crippen LogP contribution in [0.15, 0.2) is 67.2 Å². The molecule has 0 aromatic heterocycles. The summed E-state index contributed by atoms with van der Waals surface area (Å²) in [5.41, 5.74) is 15.9. The van der Waals surface area contributed by atoms with Gasteiger partial charge in [-0.3, -0.25) is 14.7 Å². The number of rotatable bonds is 6. The van der Waals surface area contributed by atoms with Crippen LogP contribution in [0.3, 0.4) is 0 Å². The van der Waals surface area contributed by atoms with Crippen LogP contribution in [-0.4, -0.2) is 191 Å². The number of nitrogens with zero attached hydrogens (tertiary/aromatic N) is 9. The fraction of sp³-hybridized carbons (Fsp3) is 0.556. The van der Waals surface area contributed by atoms with E-state index in [4.69, 9.17) is 50.6 Å². The molecule has 51 heavy (non-hydrogen) atoms. The topological polar surface area (TPSA) is 372 Å². The first kappa shape index (κ1) is 23.9. The van der Waals surface area contributed by atoms with Gasteiger partial charge in [0.1, 0.15) is 95.4 Å². The normalized spacial score (nSPS) is 50.1. The van der Waals surface area contributed by atoms with Gasteiger partial charge in [-0.15, -0.1) is 0 Å². The summed E-state index contributed by atoms with van der Waals surface area (Å²) >= 11 is 0. The molecule has 24 nitrogen and oxygen atoms in total. The molecule has 0 saturated carbocycles. The van der Waals surface area contributed by atoms with E-state index in [0.717, 1.165) is 4.90 Å². The van der Waals surface area contributed by atoms with E-state index in [9.17, 15) is 46.0 Å². The molecule has 0 aromatic rings. The molecule has 282 valence electrons. The van der Waals surface area contributed by atoms with Crippen molar-refractivity contribution in [1.29, 1.82) is 0 Å². The number of aliphatic imine (C=N–C) groups is 6. The van der Waals surface area contributed by atoms with Crippen molar-refractivity contribution in [3.05, 3.63) is 37.2 Å². The molecule has 15 N–H and O–H groups in total. The van der Waals surface area contributed by atoms with Crippen molar-refractivity contribution in [1.82, 2.24) is 14.7 Å². The van der Waals surface area contributed by atoms with Gasteiger partial charge < -0.3 is 77.4 Å². The third-order valence-electron chi connectivity index (χ3n) is 6.60. The first-order valence-electron chi connectivity index (χ1n) is 20.6. The Morgan fingerprint density at radius 2 is 1.08 bits per heavy atom. The van der Waals surface area contributed by atoms with Crippen LogP contribution in [0.5, 0.6) is 0 Å². The zero-order valence-electron chi connectivity index (χ0n) is 39.7. The van der Waals surface area contributed by atoms with Gasteiger partial charge in [-0.1, -0.05) is 19.7 Å². The average Bonchev–Trinajstić information content (AvgIpc) is 3.56. The molecule has 0 aromatic carbocycles. The van der Waals surface area contributed by atoms with Crippen LogP contribution in [-0.2, 0) is 14.2 Å². The third kappa shape index (κ3) is 8.55. The van der Waals surface area contributed by atoms with E-state index in [-0.39, 0.29) is 23.6 Å². The highest BCUT2D eigenvalue weighted by Crippen LogP contribution is 2.28. The largest absolute Gasteiger partial charge is 0.394 e. The highest BCUT2D eigenvalue weighted by atomic mass is 16.6. The molecule has 0 spiro atoms. The Morgan fingerprint density at radius 3 is 1.45 bits per heavy atom. The minimum atomic E-state index is -3.55. The minimum absolute atomic E-state index is 0.0575. The second-order valence-electron chi connectivity index (χ2n) is 9.87. The molecule has 0 amide bonds. The monoisotopic (exact) mass is 740 g/mol. The van der Waals surface area contributed by atoms with Crippen LogP contribution in [0.4, 0.5) is 0 Å². The van der Waals surface area contributed by atoms with Gasteiger partial charge in [-0.25, -0.2) is 15.0 Å². The van der Waals surface area contributed by atoms with E-state index >= 15 is 0 Å². The highest BCUT2D eigenvalue weighted by molar-refractivity contribution is 5.90. The lowest BCUT2D eigenvalue weighted by molar-refractivity contribution is -0.0607. The van der Waals surface area contributed by atoms with Crippen molar-refractivity contribution < 1.29 is 79.4 Å².